The number of hydrogen-bond acceptors (Lipinski definition) is 3. The zero-order chi connectivity index (χ0) is 13.8. The minimum absolute atomic E-state index is 0.457. The normalized spacial score (nSPS) is 10.3. The zero-order valence-electron chi connectivity index (χ0n) is 10.9. The average molecular weight is 322 g/mol. The molecule has 0 aromatic heterocycles. The van der Waals surface area contributed by atoms with Crippen molar-refractivity contribution < 1.29 is 9.47 Å². The smallest absolute Gasteiger partial charge is 0.123 e. The van der Waals surface area contributed by atoms with E-state index in [2.05, 4.69) is 15.9 Å². The van der Waals surface area contributed by atoms with Gasteiger partial charge in [-0.2, -0.15) is 0 Å². The number of methoxy groups -OCH3 is 1. The van der Waals surface area contributed by atoms with Gasteiger partial charge in [0.1, 0.15) is 18.1 Å². The number of aryl methyl sites for hydroxylation is 1. The molecule has 0 radical (unpaired) electrons. The van der Waals surface area contributed by atoms with Crippen LogP contribution in [0, 0.1) is 6.92 Å². The number of halogens is 1. The van der Waals surface area contributed by atoms with Crippen LogP contribution in [0.5, 0.6) is 11.5 Å². The van der Waals surface area contributed by atoms with Crippen LogP contribution in [0.3, 0.4) is 0 Å². The first kappa shape index (κ1) is 13.7. The van der Waals surface area contributed by atoms with E-state index in [4.69, 9.17) is 15.2 Å². The van der Waals surface area contributed by atoms with Gasteiger partial charge in [-0.3, -0.25) is 0 Å². The molecule has 100 valence electrons. The molecule has 0 unspecified atom stereocenters. The van der Waals surface area contributed by atoms with Gasteiger partial charge in [-0.05, 0) is 42.3 Å². The lowest BCUT2D eigenvalue weighted by molar-refractivity contribution is 0.303. The maximum Gasteiger partial charge on any atom is 0.123 e. The van der Waals surface area contributed by atoms with Crippen LogP contribution >= 0.6 is 15.9 Å². The van der Waals surface area contributed by atoms with Gasteiger partial charge in [0.05, 0.1) is 7.11 Å². The van der Waals surface area contributed by atoms with Crippen molar-refractivity contribution in [1.82, 2.24) is 0 Å². The molecule has 0 aliphatic carbocycles. The van der Waals surface area contributed by atoms with Crippen molar-refractivity contribution in [1.29, 1.82) is 0 Å². The summed E-state index contributed by atoms with van der Waals surface area (Å²) >= 11 is 3.44. The summed E-state index contributed by atoms with van der Waals surface area (Å²) in [5.74, 6) is 1.60. The Morgan fingerprint density at radius 3 is 2.68 bits per heavy atom. The molecule has 2 aromatic carbocycles. The monoisotopic (exact) mass is 321 g/mol. The molecule has 0 saturated heterocycles. The fraction of sp³-hybridized carbons (Fsp3) is 0.200. The van der Waals surface area contributed by atoms with E-state index in [0.717, 1.165) is 27.1 Å². The molecule has 4 heteroatoms. The van der Waals surface area contributed by atoms with E-state index in [0.29, 0.717) is 12.3 Å². The third kappa shape index (κ3) is 3.64. The molecule has 0 heterocycles. The molecule has 2 rings (SSSR count). The lowest BCUT2D eigenvalue weighted by Gasteiger charge is -2.11. The predicted molar refractivity (Wildman–Crippen MR) is 80.6 cm³/mol. The molecule has 0 saturated carbocycles. The molecule has 0 aliphatic heterocycles. The van der Waals surface area contributed by atoms with E-state index in [9.17, 15) is 0 Å². The van der Waals surface area contributed by atoms with Gasteiger partial charge in [-0.25, -0.2) is 0 Å². The van der Waals surface area contributed by atoms with Gasteiger partial charge >= 0.3 is 0 Å². The lowest BCUT2D eigenvalue weighted by Crippen LogP contribution is -1.99. The summed E-state index contributed by atoms with van der Waals surface area (Å²) in [4.78, 5) is 0. The summed E-state index contributed by atoms with van der Waals surface area (Å²) in [6, 6.07) is 11.6. The van der Waals surface area contributed by atoms with Gasteiger partial charge in [-0.15, -0.1) is 0 Å². The van der Waals surface area contributed by atoms with E-state index in [1.807, 2.05) is 37.3 Å². The molecule has 2 aromatic rings. The first-order chi connectivity index (χ1) is 9.08. The number of nitrogens with two attached hydrogens (primary N) is 1. The van der Waals surface area contributed by atoms with Gasteiger partial charge in [0.2, 0.25) is 0 Å². The highest BCUT2D eigenvalue weighted by atomic mass is 79.9. The van der Waals surface area contributed by atoms with Crippen LogP contribution in [0.2, 0.25) is 0 Å². The fourth-order valence-electron chi connectivity index (χ4n) is 1.78. The van der Waals surface area contributed by atoms with E-state index >= 15 is 0 Å². The van der Waals surface area contributed by atoms with Gasteiger partial charge in [0.15, 0.2) is 0 Å². The predicted octanol–water partition coefficient (Wildman–Crippen LogP) is 3.93. The van der Waals surface area contributed by atoms with Crippen molar-refractivity contribution in [3.8, 4) is 11.5 Å². The van der Waals surface area contributed by atoms with Crippen LogP contribution in [0.4, 0.5) is 5.69 Å². The molecule has 0 spiro atoms. The van der Waals surface area contributed by atoms with Crippen LogP contribution in [-0.2, 0) is 6.61 Å². The standard InChI is InChI=1S/C15H16BrNO2/c1-10-3-4-12(16)7-15(10)19-9-11-5-13(17)8-14(6-11)18-2/h3-8H,9,17H2,1-2H3. The molecule has 3 nitrogen and oxygen atoms in total. The molecule has 19 heavy (non-hydrogen) atoms. The van der Waals surface area contributed by atoms with Crippen LogP contribution in [0.25, 0.3) is 0 Å². The topological polar surface area (TPSA) is 44.5 Å². The SMILES string of the molecule is COc1cc(N)cc(COc2cc(Br)ccc2C)c1. The summed E-state index contributed by atoms with van der Waals surface area (Å²) < 4.78 is 12.0. The third-order valence-electron chi connectivity index (χ3n) is 2.77. The van der Waals surface area contributed by atoms with Crippen molar-refractivity contribution in [2.45, 2.75) is 13.5 Å². The highest BCUT2D eigenvalue weighted by molar-refractivity contribution is 9.10. The second-order valence-electron chi connectivity index (χ2n) is 4.31. The summed E-state index contributed by atoms with van der Waals surface area (Å²) in [5, 5.41) is 0. The Labute approximate surface area is 121 Å². The first-order valence-corrected chi connectivity index (χ1v) is 6.70. The molecule has 0 atom stereocenters. The summed E-state index contributed by atoms with van der Waals surface area (Å²) in [7, 11) is 1.62. The van der Waals surface area contributed by atoms with Crippen molar-refractivity contribution in [2.75, 3.05) is 12.8 Å². The first-order valence-electron chi connectivity index (χ1n) is 5.91. The second-order valence-corrected chi connectivity index (χ2v) is 5.23. The van der Waals surface area contributed by atoms with Crippen molar-refractivity contribution in [2.24, 2.45) is 0 Å². The van der Waals surface area contributed by atoms with Gasteiger partial charge in [0.25, 0.3) is 0 Å². The van der Waals surface area contributed by atoms with Crippen LogP contribution in [-0.4, -0.2) is 7.11 Å². The van der Waals surface area contributed by atoms with Crippen molar-refractivity contribution in [3.63, 3.8) is 0 Å². The largest absolute Gasteiger partial charge is 0.497 e. The number of hydrogen-bond donors (Lipinski definition) is 1. The summed E-state index contributed by atoms with van der Waals surface area (Å²) in [6.45, 7) is 2.47. The molecule has 0 fully saturated rings. The van der Waals surface area contributed by atoms with Crippen LogP contribution < -0.4 is 15.2 Å². The Kier molecular flexibility index (Phi) is 4.32. The number of nitrogen functional groups attached to an aromatic ring is 1. The molecular weight excluding hydrogens is 306 g/mol. The maximum absolute atomic E-state index is 5.82. The Balaban J connectivity index is 2.14. The van der Waals surface area contributed by atoms with Gasteiger partial charge < -0.3 is 15.2 Å². The second kappa shape index (κ2) is 5.97. The van der Waals surface area contributed by atoms with E-state index in [1.54, 1.807) is 13.2 Å². The van der Waals surface area contributed by atoms with Crippen LogP contribution in [0.1, 0.15) is 11.1 Å². The number of rotatable bonds is 4. The lowest BCUT2D eigenvalue weighted by atomic mass is 10.2. The average Bonchev–Trinajstić information content (AvgIpc) is 2.39. The minimum atomic E-state index is 0.457. The molecular formula is C15H16BrNO2. The number of anilines is 1. The molecule has 0 amide bonds. The maximum atomic E-state index is 5.82. The minimum Gasteiger partial charge on any atom is -0.497 e. The molecule has 2 N–H and O–H groups in total. The highest BCUT2D eigenvalue weighted by Crippen LogP contribution is 2.25. The summed E-state index contributed by atoms with van der Waals surface area (Å²) in [6.07, 6.45) is 0. The molecule has 0 aliphatic rings. The molecule has 0 bridgehead atoms. The van der Waals surface area contributed by atoms with Gasteiger partial charge in [0, 0.05) is 16.2 Å². The third-order valence-corrected chi connectivity index (χ3v) is 3.26. The Morgan fingerprint density at radius 1 is 1.16 bits per heavy atom. The Bertz CT molecular complexity index is 584. The Morgan fingerprint density at radius 2 is 1.95 bits per heavy atom. The quantitative estimate of drug-likeness (QED) is 0.868. The van der Waals surface area contributed by atoms with E-state index < -0.39 is 0 Å². The highest BCUT2D eigenvalue weighted by Gasteiger charge is 2.03. The fourth-order valence-corrected chi connectivity index (χ4v) is 2.12. The number of ether oxygens (including phenoxy) is 2. The van der Waals surface area contributed by atoms with Crippen LogP contribution in [0.15, 0.2) is 40.9 Å². The summed E-state index contributed by atoms with van der Waals surface area (Å²) in [5.41, 5.74) is 8.56. The van der Waals surface area contributed by atoms with E-state index in [1.165, 1.54) is 0 Å². The van der Waals surface area contributed by atoms with Gasteiger partial charge in [-0.1, -0.05) is 22.0 Å². The van der Waals surface area contributed by atoms with Crippen molar-refractivity contribution in [3.05, 3.63) is 52.0 Å². The van der Waals surface area contributed by atoms with E-state index in [-0.39, 0.29) is 0 Å². The zero-order valence-corrected chi connectivity index (χ0v) is 12.5. The number of benzene rings is 2. The Hall–Kier alpha value is -1.68. The van der Waals surface area contributed by atoms with Crippen molar-refractivity contribution >= 4 is 21.6 Å².